The van der Waals surface area contributed by atoms with Crippen LogP contribution in [0.25, 0.3) is 0 Å². The summed E-state index contributed by atoms with van der Waals surface area (Å²) in [5, 5.41) is 22.9. The number of nitrogens with one attached hydrogen (secondary N) is 2. The number of amides is 1. The van der Waals surface area contributed by atoms with E-state index in [0.29, 0.717) is 5.75 Å². The van der Waals surface area contributed by atoms with Crippen LogP contribution in [0.4, 0.5) is 4.79 Å². The van der Waals surface area contributed by atoms with Crippen molar-refractivity contribution in [2.45, 2.75) is 67.9 Å². The average molecular weight is 493 g/mol. The number of aliphatic hydroxyl groups excluding tert-OH is 1. The van der Waals surface area contributed by atoms with Gasteiger partial charge in [0, 0.05) is 0 Å². The second-order valence-corrected chi connectivity index (χ2v) is 10.1. The van der Waals surface area contributed by atoms with Crippen molar-refractivity contribution in [3.63, 3.8) is 0 Å². The van der Waals surface area contributed by atoms with Crippen molar-refractivity contribution < 1.29 is 32.9 Å². The van der Waals surface area contributed by atoms with Gasteiger partial charge in [0.05, 0.1) is 24.2 Å². The van der Waals surface area contributed by atoms with Crippen molar-refractivity contribution in [1.29, 1.82) is 0 Å². The van der Waals surface area contributed by atoms with Gasteiger partial charge in [-0.3, -0.25) is 0 Å². The van der Waals surface area contributed by atoms with Crippen LogP contribution >= 0.6 is 0 Å². The van der Waals surface area contributed by atoms with Crippen LogP contribution in [-0.2, 0) is 21.2 Å². The van der Waals surface area contributed by atoms with Crippen molar-refractivity contribution in [2.24, 2.45) is 0 Å². The highest BCUT2D eigenvalue weighted by atomic mass is 32.2. The standard InChI is InChI=1S/C24H32N2O7S/c1-32-18-12-14-20(15-13-18)34(30,31)26-23(33-19-10-6-3-7-11-19)22(27)21(25-24(28)29)16-17-8-4-2-5-9-17/h2,4-5,8-9,12-15,19,21-23,25-27H,3,6-7,10-11,16H2,1H3,(H,28,29)/t21-,22+,23?/m0/s1. The summed E-state index contributed by atoms with van der Waals surface area (Å²) in [5.74, 6) is 0.502. The lowest BCUT2D eigenvalue weighted by Crippen LogP contribution is -2.56. The number of carbonyl (C=O) groups is 1. The molecule has 34 heavy (non-hydrogen) atoms. The molecule has 0 bridgehead atoms. The lowest BCUT2D eigenvalue weighted by molar-refractivity contribution is -0.101. The van der Waals surface area contributed by atoms with Gasteiger partial charge in [0.2, 0.25) is 10.0 Å². The summed E-state index contributed by atoms with van der Waals surface area (Å²) in [6.07, 6.45) is 0.196. The van der Waals surface area contributed by atoms with Gasteiger partial charge in [0.1, 0.15) is 18.1 Å². The second-order valence-electron chi connectivity index (χ2n) is 8.35. The Balaban J connectivity index is 1.86. The van der Waals surface area contributed by atoms with E-state index in [1.165, 1.54) is 31.4 Å². The highest BCUT2D eigenvalue weighted by molar-refractivity contribution is 7.89. The molecule has 1 saturated carbocycles. The van der Waals surface area contributed by atoms with Crippen LogP contribution in [-0.4, -0.2) is 56.3 Å². The maximum atomic E-state index is 13.1. The summed E-state index contributed by atoms with van der Waals surface area (Å²) >= 11 is 0. The molecule has 3 atom stereocenters. The van der Waals surface area contributed by atoms with Crippen LogP contribution in [0.15, 0.2) is 59.5 Å². The monoisotopic (exact) mass is 492 g/mol. The summed E-state index contributed by atoms with van der Waals surface area (Å²) in [6.45, 7) is 0. The summed E-state index contributed by atoms with van der Waals surface area (Å²) in [6, 6.07) is 13.9. The predicted molar refractivity (Wildman–Crippen MR) is 126 cm³/mol. The van der Waals surface area contributed by atoms with Crippen LogP contribution < -0.4 is 14.8 Å². The Morgan fingerprint density at radius 2 is 1.71 bits per heavy atom. The van der Waals surface area contributed by atoms with Crippen molar-refractivity contribution in [3.8, 4) is 5.75 Å². The zero-order chi connectivity index (χ0) is 24.6. The minimum Gasteiger partial charge on any atom is -0.497 e. The molecule has 3 rings (SSSR count). The molecule has 4 N–H and O–H groups in total. The van der Waals surface area contributed by atoms with Crippen LogP contribution in [0, 0.1) is 0 Å². The summed E-state index contributed by atoms with van der Waals surface area (Å²) in [7, 11) is -2.60. The first-order valence-corrected chi connectivity index (χ1v) is 12.8. The number of methoxy groups -OCH3 is 1. The smallest absolute Gasteiger partial charge is 0.404 e. The number of hydrogen-bond donors (Lipinski definition) is 4. The molecule has 9 nitrogen and oxygen atoms in total. The topological polar surface area (TPSA) is 134 Å². The molecule has 2 aromatic rings. The molecule has 1 unspecified atom stereocenters. The number of carboxylic acid groups (broad SMARTS) is 1. The van der Waals surface area contributed by atoms with E-state index in [2.05, 4.69) is 10.0 Å². The van der Waals surface area contributed by atoms with Crippen LogP contribution in [0.1, 0.15) is 37.7 Å². The molecule has 2 aromatic carbocycles. The molecule has 0 saturated heterocycles. The van der Waals surface area contributed by atoms with Crippen molar-refractivity contribution in [3.05, 3.63) is 60.2 Å². The Labute approximate surface area is 200 Å². The zero-order valence-electron chi connectivity index (χ0n) is 19.1. The molecule has 0 aromatic heterocycles. The Morgan fingerprint density at radius 1 is 1.06 bits per heavy atom. The van der Waals surface area contributed by atoms with Gasteiger partial charge < -0.3 is 25.0 Å². The molecule has 1 aliphatic carbocycles. The fourth-order valence-electron chi connectivity index (χ4n) is 4.06. The SMILES string of the molecule is COc1ccc(S(=O)(=O)NC(OC2CCCCC2)[C@H](O)[C@H](Cc2ccccc2)NC(=O)O)cc1. The van der Waals surface area contributed by atoms with Crippen molar-refractivity contribution in [1.82, 2.24) is 10.0 Å². The first-order valence-electron chi connectivity index (χ1n) is 11.3. The van der Waals surface area contributed by atoms with Gasteiger partial charge in [0.15, 0.2) is 0 Å². The lowest BCUT2D eigenvalue weighted by atomic mass is 9.97. The normalized spacial score (nSPS) is 17.5. The van der Waals surface area contributed by atoms with Gasteiger partial charge >= 0.3 is 6.09 Å². The Hall–Kier alpha value is -2.66. The van der Waals surface area contributed by atoms with E-state index in [4.69, 9.17) is 9.47 Å². The number of aliphatic hydroxyl groups is 1. The van der Waals surface area contributed by atoms with E-state index in [-0.39, 0.29) is 17.4 Å². The van der Waals surface area contributed by atoms with E-state index < -0.39 is 34.5 Å². The quantitative estimate of drug-likeness (QED) is 0.354. The lowest BCUT2D eigenvalue weighted by Gasteiger charge is -2.34. The van der Waals surface area contributed by atoms with E-state index >= 15 is 0 Å². The third-order valence-electron chi connectivity index (χ3n) is 5.86. The minimum absolute atomic E-state index is 0.0245. The van der Waals surface area contributed by atoms with Crippen molar-refractivity contribution >= 4 is 16.1 Å². The van der Waals surface area contributed by atoms with Crippen LogP contribution in [0.2, 0.25) is 0 Å². The molecule has 186 valence electrons. The number of hydrogen-bond acceptors (Lipinski definition) is 6. The maximum absolute atomic E-state index is 13.1. The number of ether oxygens (including phenoxy) is 2. The molecule has 1 amide bonds. The molecular weight excluding hydrogens is 460 g/mol. The predicted octanol–water partition coefficient (Wildman–Crippen LogP) is 2.89. The van der Waals surface area contributed by atoms with Gasteiger partial charge in [-0.05, 0) is 49.1 Å². The third-order valence-corrected chi connectivity index (χ3v) is 7.30. The van der Waals surface area contributed by atoms with E-state index in [1.54, 1.807) is 0 Å². The van der Waals surface area contributed by atoms with Crippen LogP contribution in [0.5, 0.6) is 5.75 Å². The molecule has 10 heteroatoms. The molecule has 1 fully saturated rings. The number of rotatable bonds is 11. The first kappa shape index (κ1) is 26.0. The van der Waals surface area contributed by atoms with Gasteiger partial charge in [-0.2, -0.15) is 4.72 Å². The summed E-state index contributed by atoms with van der Waals surface area (Å²) < 4.78 is 39.8. The van der Waals surface area contributed by atoms with Crippen LogP contribution in [0.3, 0.4) is 0 Å². The fourth-order valence-corrected chi connectivity index (χ4v) is 5.19. The van der Waals surface area contributed by atoms with Gasteiger partial charge in [-0.25, -0.2) is 13.2 Å². The molecule has 0 aliphatic heterocycles. The summed E-state index contributed by atoms with van der Waals surface area (Å²) in [5.41, 5.74) is 0.787. The summed E-state index contributed by atoms with van der Waals surface area (Å²) in [4.78, 5) is 11.4. The minimum atomic E-state index is -4.08. The van der Waals surface area contributed by atoms with E-state index in [9.17, 15) is 23.4 Å². The fraction of sp³-hybridized carbons (Fsp3) is 0.458. The number of sulfonamides is 1. The molecule has 1 aliphatic rings. The van der Waals surface area contributed by atoms with Gasteiger partial charge in [0.25, 0.3) is 0 Å². The average Bonchev–Trinajstić information content (AvgIpc) is 2.83. The molecular formula is C24H32N2O7S. The van der Waals surface area contributed by atoms with E-state index in [0.717, 1.165) is 37.7 Å². The maximum Gasteiger partial charge on any atom is 0.404 e. The van der Waals surface area contributed by atoms with Gasteiger partial charge in [-0.15, -0.1) is 0 Å². The molecule has 0 heterocycles. The Kier molecular flexibility index (Phi) is 9.28. The molecule has 0 spiro atoms. The Bertz CT molecular complexity index is 1010. The zero-order valence-corrected chi connectivity index (χ0v) is 19.9. The highest BCUT2D eigenvalue weighted by Gasteiger charge is 2.35. The first-order chi connectivity index (χ1) is 16.3. The van der Waals surface area contributed by atoms with Gasteiger partial charge in [-0.1, -0.05) is 49.6 Å². The molecule has 0 radical (unpaired) electrons. The van der Waals surface area contributed by atoms with Crippen molar-refractivity contribution in [2.75, 3.05) is 7.11 Å². The highest BCUT2D eigenvalue weighted by Crippen LogP contribution is 2.24. The third kappa shape index (κ3) is 7.42. The second kappa shape index (κ2) is 12.2. The Morgan fingerprint density at radius 3 is 2.29 bits per heavy atom. The van der Waals surface area contributed by atoms with E-state index in [1.807, 2.05) is 30.3 Å². The number of benzene rings is 2. The largest absolute Gasteiger partial charge is 0.497 e.